The van der Waals surface area contributed by atoms with Crippen LogP contribution in [-0.2, 0) is 0 Å². The molecular weight excluding hydrogens is 693 g/mol. The Morgan fingerprint density at radius 3 is 1.40 bits per heavy atom. The summed E-state index contributed by atoms with van der Waals surface area (Å²) >= 11 is 0. The first kappa shape index (κ1) is 31.7. The zero-order chi connectivity index (χ0) is 37.5. The van der Waals surface area contributed by atoms with E-state index in [4.69, 9.17) is 14.4 Å². The third-order valence-corrected chi connectivity index (χ3v) is 11.6. The van der Waals surface area contributed by atoms with Crippen molar-refractivity contribution in [1.82, 2.24) is 9.97 Å². The van der Waals surface area contributed by atoms with Gasteiger partial charge in [-0.15, -0.1) is 0 Å². The Morgan fingerprint density at radius 2 is 0.789 bits per heavy atom. The van der Waals surface area contributed by atoms with Crippen LogP contribution in [-0.4, -0.2) is 9.97 Å². The molecule has 57 heavy (non-hydrogen) atoms. The van der Waals surface area contributed by atoms with Gasteiger partial charge in [0, 0.05) is 5.39 Å². The zero-order valence-corrected chi connectivity index (χ0v) is 30.8. The average Bonchev–Trinajstić information content (AvgIpc) is 3.64. The number of hydrogen-bond acceptors (Lipinski definition) is 3. The second kappa shape index (κ2) is 12.5. The minimum atomic E-state index is 0.545. The van der Waals surface area contributed by atoms with E-state index >= 15 is 0 Å². The van der Waals surface area contributed by atoms with Crippen LogP contribution in [0, 0.1) is 0 Å². The summed E-state index contributed by atoms with van der Waals surface area (Å²) in [6.45, 7) is 0. The lowest BCUT2D eigenvalue weighted by Crippen LogP contribution is -1.88. The van der Waals surface area contributed by atoms with E-state index in [9.17, 15) is 0 Å². The van der Waals surface area contributed by atoms with Gasteiger partial charge in [-0.2, -0.15) is 0 Å². The van der Waals surface area contributed by atoms with Crippen LogP contribution in [0.25, 0.3) is 121 Å². The number of fused-ring (bicyclic) bond motifs is 10. The SMILES string of the molecule is c1cc(-c2ccc3nc4oc5ccc(-c6cccc(-c7cc8ccccc8c8ccccc78)c6)cc5c4nc3c2)cc(-c2cc3ccccc3c3ccccc23)c1. The highest BCUT2D eigenvalue weighted by Gasteiger charge is 2.16. The summed E-state index contributed by atoms with van der Waals surface area (Å²) in [5.41, 5.74) is 13.0. The monoisotopic (exact) mass is 724 g/mol. The highest BCUT2D eigenvalue weighted by atomic mass is 16.3. The Hall–Kier alpha value is -7.62. The summed E-state index contributed by atoms with van der Waals surface area (Å²) in [5.74, 6) is 0. The van der Waals surface area contributed by atoms with Gasteiger partial charge in [-0.3, -0.25) is 0 Å². The molecule has 10 aromatic carbocycles. The molecule has 0 aliphatic heterocycles. The predicted molar refractivity (Wildman–Crippen MR) is 239 cm³/mol. The quantitative estimate of drug-likeness (QED) is 0.170. The highest BCUT2D eigenvalue weighted by molar-refractivity contribution is 6.15. The van der Waals surface area contributed by atoms with E-state index in [2.05, 4.69) is 188 Å². The van der Waals surface area contributed by atoms with Crippen molar-refractivity contribution in [2.75, 3.05) is 0 Å². The van der Waals surface area contributed by atoms with Crippen LogP contribution in [0.3, 0.4) is 0 Å². The van der Waals surface area contributed by atoms with Crippen LogP contribution in [0.1, 0.15) is 0 Å². The summed E-state index contributed by atoms with van der Waals surface area (Å²) in [6.07, 6.45) is 0. The van der Waals surface area contributed by atoms with Crippen LogP contribution in [0.5, 0.6) is 0 Å². The number of aromatic nitrogens is 2. The van der Waals surface area contributed by atoms with Crippen molar-refractivity contribution in [2.45, 2.75) is 0 Å². The van der Waals surface area contributed by atoms with Crippen molar-refractivity contribution in [3.63, 3.8) is 0 Å². The Morgan fingerprint density at radius 1 is 0.298 bits per heavy atom. The molecule has 0 bridgehead atoms. The number of hydrogen-bond donors (Lipinski definition) is 0. The molecule has 0 N–H and O–H groups in total. The van der Waals surface area contributed by atoms with E-state index in [0.29, 0.717) is 5.71 Å². The Bertz CT molecular complexity index is 3590. The van der Waals surface area contributed by atoms with Gasteiger partial charge in [0.15, 0.2) is 0 Å². The second-order valence-electron chi connectivity index (χ2n) is 14.9. The number of furan rings is 1. The first-order chi connectivity index (χ1) is 28.2. The lowest BCUT2D eigenvalue weighted by Gasteiger charge is -2.12. The molecule has 3 nitrogen and oxygen atoms in total. The van der Waals surface area contributed by atoms with Crippen molar-refractivity contribution in [1.29, 1.82) is 0 Å². The van der Waals surface area contributed by atoms with Crippen molar-refractivity contribution in [3.05, 3.63) is 194 Å². The van der Waals surface area contributed by atoms with Crippen molar-refractivity contribution < 1.29 is 4.42 Å². The molecule has 0 amide bonds. The van der Waals surface area contributed by atoms with Crippen LogP contribution < -0.4 is 0 Å². The van der Waals surface area contributed by atoms with E-state index in [1.54, 1.807) is 0 Å². The van der Waals surface area contributed by atoms with Crippen LogP contribution in [0.2, 0.25) is 0 Å². The number of benzene rings is 10. The average molecular weight is 725 g/mol. The molecule has 264 valence electrons. The Kier molecular flexibility index (Phi) is 6.93. The van der Waals surface area contributed by atoms with Gasteiger partial charge in [0.25, 0.3) is 0 Å². The molecule has 0 fully saturated rings. The van der Waals surface area contributed by atoms with Crippen molar-refractivity contribution >= 4 is 76.3 Å². The first-order valence-corrected chi connectivity index (χ1v) is 19.4. The molecule has 0 atom stereocenters. The maximum absolute atomic E-state index is 6.31. The fourth-order valence-corrected chi connectivity index (χ4v) is 8.87. The number of nitrogens with zero attached hydrogens (tertiary/aromatic N) is 2. The van der Waals surface area contributed by atoms with E-state index in [1.807, 2.05) is 6.07 Å². The van der Waals surface area contributed by atoms with E-state index in [-0.39, 0.29) is 0 Å². The zero-order valence-electron chi connectivity index (χ0n) is 30.8. The van der Waals surface area contributed by atoms with Crippen LogP contribution >= 0.6 is 0 Å². The van der Waals surface area contributed by atoms with Gasteiger partial charge in [-0.25, -0.2) is 9.97 Å². The van der Waals surface area contributed by atoms with Gasteiger partial charge >= 0.3 is 0 Å². The third-order valence-electron chi connectivity index (χ3n) is 11.6. The molecule has 3 heteroatoms. The normalized spacial score (nSPS) is 11.9. The van der Waals surface area contributed by atoms with E-state index in [1.165, 1.54) is 65.3 Å². The molecule has 0 spiro atoms. The van der Waals surface area contributed by atoms with Gasteiger partial charge in [-0.05, 0) is 136 Å². The van der Waals surface area contributed by atoms with Gasteiger partial charge in [0.05, 0.1) is 11.0 Å². The topological polar surface area (TPSA) is 38.9 Å². The van der Waals surface area contributed by atoms with Gasteiger partial charge in [0.2, 0.25) is 5.71 Å². The first-order valence-electron chi connectivity index (χ1n) is 19.4. The largest absolute Gasteiger partial charge is 0.436 e. The molecule has 2 heterocycles. The summed E-state index contributed by atoms with van der Waals surface area (Å²) in [4.78, 5) is 10.2. The fraction of sp³-hybridized carbons (Fsp3) is 0. The molecular formula is C54H32N2O. The molecule has 0 aliphatic carbocycles. The minimum absolute atomic E-state index is 0.545. The van der Waals surface area contributed by atoms with Gasteiger partial charge < -0.3 is 4.42 Å². The highest BCUT2D eigenvalue weighted by Crippen LogP contribution is 2.39. The molecule has 0 unspecified atom stereocenters. The predicted octanol–water partition coefficient (Wildman–Crippen LogP) is 14.8. The third kappa shape index (κ3) is 5.13. The fourth-order valence-electron chi connectivity index (χ4n) is 8.87. The Balaban J connectivity index is 0.946. The number of rotatable bonds is 4. The molecule has 12 rings (SSSR count). The molecule has 0 saturated carbocycles. The van der Waals surface area contributed by atoms with Crippen molar-refractivity contribution in [3.8, 4) is 44.5 Å². The lowest BCUT2D eigenvalue weighted by atomic mass is 9.92. The molecule has 0 radical (unpaired) electrons. The maximum Gasteiger partial charge on any atom is 0.246 e. The van der Waals surface area contributed by atoms with Crippen LogP contribution in [0.4, 0.5) is 0 Å². The molecule has 12 aromatic rings. The molecule has 0 saturated heterocycles. The summed E-state index contributed by atoms with van der Waals surface area (Å²) in [5, 5.41) is 11.0. The van der Waals surface area contributed by atoms with Gasteiger partial charge in [0.1, 0.15) is 11.1 Å². The standard InChI is InChI=1S/C54H32N2O/c1-3-17-41-39(11-1)30-47(45-21-7-5-19-43(41)45)37-15-9-13-33(27-37)35-24-26-52-49(29-35)53-54(57-52)56-50-25-23-36(32-51(50)55-53)34-14-10-16-38(28-34)48-31-40-12-2-4-18-42(40)44-20-6-8-22-46(44)48/h1-32H. The maximum atomic E-state index is 6.31. The van der Waals surface area contributed by atoms with Crippen LogP contribution in [0.15, 0.2) is 199 Å². The van der Waals surface area contributed by atoms with E-state index in [0.717, 1.165) is 49.8 Å². The summed E-state index contributed by atoms with van der Waals surface area (Å²) in [7, 11) is 0. The summed E-state index contributed by atoms with van der Waals surface area (Å²) < 4.78 is 6.31. The minimum Gasteiger partial charge on any atom is -0.436 e. The lowest BCUT2D eigenvalue weighted by molar-refractivity contribution is 0.655. The van der Waals surface area contributed by atoms with Gasteiger partial charge in [-0.1, -0.05) is 146 Å². The molecule has 0 aliphatic rings. The summed E-state index contributed by atoms with van der Waals surface area (Å²) in [6, 6.07) is 69.7. The van der Waals surface area contributed by atoms with Crippen molar-refractivity contribution in [2.24, 2.45) is 0 Å². The smallest absolute Gasteiger partial charge is 0.246 e. The van der Waals surface area contributed by atoms with E-state index < -0.39 is 0 Å². The molecule has 2 aromatic heterocycles. The second-order valence-corrected chi connectivity index (χ2v) is 14.9. The Labute approximate surface area is 328 Å².